The largest absolute Gasteiger partial charge is 0.348 e. The van der Waals surface area contributed by atoms with Crippen molar-refractivity contribution in [1.29, 1.82) is 0 Å². The fraction of sp³-hybridized carbons (Fsp3) is 0.158. The van der Waals surface area contributed by atoms with Crippen LogP contribution in [-0.2, 0) is 6.54 Å². The third kappa shape index (κ3) is 3.05. The van der Waals surface area contributed by atoms with Crippen LogP contribution in [0.2, 0.25) is 0 Å². The van der Waals surface area contributed by atoms with Crippen LogP contribution in [0.5, 0.6) is 0 Å². The van der Waals surface area contributed by atoms with Gasteiger partial charge in [-0.25, -0.2) is 18.9 Å². The van der Waals surface area contributed by atoms with Crippen molar-refractivity contribution in [2.75, 3.05) is 0 Å². The third-order valence-corrected chi connectivity index (χ3v) is 4.35. The highest BCUT2D eigenvalue weighted by atomic mass is 19.1. The number of carbonyl (C=O) groups is 1. The normalized spacial score (nSPS) is 11.1. The standard InChI is InChI=1S/C19H17FN6O/c1-12-17(18-22-6-3-8-26(18)24-12)19(27)23-11-14-4-5-16(15(20)10-14)25-9-7-21-13(25)2/h3-10H,11H2,1-2H3,(H,23,27). The van der Waals surface area contributed by atoms with Gasteiger partial charge in [-0.2, -0.15) is 5.10 Å². The van der Waals surface area contributed by atoms with Gasteiger partial charge in [0.05, 0.1) is 11.4 Å². The maximum absolute atomic E-state index is 14.5. The van der Waals surface area contributed by atoms with Gasteiger partial charge in [-0.3, -0.25) is 4.79 Å². The van der Waals surface area contributed by atoms with Crippen LogP contribution in [-0.4, -0.2) is 30.1 Å². The SMILES string of the molecule is Cc1nn2cccnc2c1C(=O)NCc1ccc(-n2ccnc2C)c(F)c1. The molecule has 3 aromatic heterocycles. The number of aryl methyl sites for hydroxylation is 2. The summed E-state index contributed by atoms with van der Waals surface area (Å²) < 4.78 is 17.7. The number of hydrogen-bond acceptors (Lipinski definition) is 4. The molecule has 1 N–H and O–H groups in total. The number of aromatic nitrogens is 5. The second kappa shape index (κ2) is 6.64. The number of hydrogen-bond donors (Lipinski definition) is 1. The summed E-state index contributed by atoms with van der Waals surface area (Å²) in [6.45, 7) is 3.76. The molecule has 0 fully saturated rings. The number of amides is 1. The van der Waals surface area contributed by atoms with Crippen LogP contribution in [0, 0.1) is 19.7 Å². The Labute approximate surface area is 154 Å². The number of carbonyl (C=O) groups excluding carboxylic acids is 1. The van der Waals surface area contributed by atoms with Crippen LogP contribution in [0.1, 0.15) is 27.4 Å². The molecule has 0 atom stereocenters. The molecule has 0 aliphatic heterocycles. The predicted molar refractivity (Wildman–Crippen MR) is 97.2 cm³/mol. The zero-order valence-electron chi connectivity index (χ0n) is 14.8. The molecule has 7 nitrogen and oxygen atoms in total. The lowest BCUT2D eigenvalue weighted by Gasteiger charge is -2.09. The molecule has 0 saturated carbocycles. The summed E-state index contributed by atoms with van der Waals surface area (Å²) in [6, 6.07) is 6.61. The van der Waals surface area contributed by atoms with Gasteiger partial charge in [0, 0.05) is 31.3 Å². The number of nitrogens with one attached hydrogen (secondary N) is 1. The van der Waals surface area contributed by atoms with Crippen molar-refractivity contribution in [2.45, 2.75) is 20.4 Å². The fourth-order valence-electron chi connectivity index (χ4n) is 3.02. The molecule has 0 radical (unpaired) electrons. The quantitative estimate of drug-likeness (QED) is 0.604. The molecular formula is C19H17FN6O. The first kappa shape index (κ1) is 16.9. The predicted octanol–water partition coefficient (Wildman–Crippen LogP) is 2.60. The summed E-state index contributed by atoms with van der Waals surface area (Å²) in [4.78, 5) is 20.9. The van der Waals surface area contributed by atoms with E-state index in [1.165, 1.54) is 6.07 Å². The van der Waals surface area contributed by atoms with Crippen molar-refractivity contribution in [3.05, 3.63) is 77.5 Å². The van der Waals surface area contributed by atoms with Crippen LogP contribution in [0.25, 0.3) is 11.3 Å². The van der Waals surface area contributed by atoms with E-state index in [4.69, 9.17) is 0 Å². The molecule has 0 spiro atoms. The minimum absolute atomic E-state index is 0.197. The van der Waals surface area contributed by atoms with Crippen molar-refractivity contribution < 1.29 is 9.18 Å². The first-order valence-electron chi connectivity index (χ1n) is 8.41. The summed E-state index contributed by atoms with van der Waals surface area (Å²) in [5, 5.41) is 7.09. The summed E-state index contributed by atoms with van der Waals surface area (Å²) in [5.41, 5.74) is 2.57. The molecule has 0 unspecified atom stereocenters. The van der Waals surface area contributed by atoms with E-state index in [-0.39, 0.29) is 18.3 Å². The first-order chi connectivity index (χ1) is 13.0. The summed E-state index contributed by atoms with van der Waals surface area (Å²) in [6.07, 6.45) is 6.67. The molecular weight excluding hydrogens is 347 g/mol. The van der Waals surface area contributed by atoms with Gasteiger partial charge in [-0.05, 0) is 37.6 Å². The third-order valence-electron chi connectivity index (χ3n) is 4.35. The summed E-state index contributed by atoms with van der Waals surface area (Å²) >= 11 is 0. The molecule has 3 heterocycles. The van der Waals surface area contributed by atoms with Crippen LogP contribution < -0.4 is 5.32 Å². The number of benzene rings is 1. The van der Waals surface area contributed by atoms with E-state index >= 15 is 0 Å². The Bertz CT molecular complexity index is 1150. The van der Waals surface area contributed by atoms with Gasteiger partial charge >= 0.3 is 0 Å². The van der Waals surface area contributed by atoms with E-state index in [2.05, 4.69) is 20.4 Å². The monoisotopic (exact) mass is 364 g/mol. The number of nitrogens with zero attached hydrogens (tertiary/aromatic N) is 5. The van der Waals surface area contributed by atoms with Crippen molar-refractivity contribution in [3.63, 3.8) is 0 Å². The van der Waals surface area contributed by atoms with Gasteiger partial charge in [0.15, 0.2) is 5.65 Å². The molecule has 0 aliphatic rings. The van der Waals surface area contributed by atoms with Crippen LogP contribution in [0.3, 0.4) is 0 Å². The van der Waals surface area contributed by atoms with Gasteiger partial charge in [-0.15, -0.1) is 0 Å². The van der Waals surface area contributed by atoms with Crippen molar-refractivity contribution in [2.24, 2.45) is 0 Å². The average Bonchev–Trinajstić information content (AvgIpc) is 3.22. The van der Waals surface area contributed by atoms with Gasteiger partial charge in [-0.1, -0.05) is 6.07 Å². The molecule has 1 aromatic carbocycles. The molecule has 0 saturated heterocycles. The van der Waals surface area contributed by atoms with Gasteiger partial charge in [0.1, 0.15) is 17.2 Å². The van der Waals surface area contributed by atoms with Crippen LogP contribution in [0.15, 0.2) is 49.1 Å². The average molecular weight is 364 g/mol. The van der Waals surface area contributed by atoms with E-state index in [1.807, 2.05) is 0 Å². The highest BCUT2D eigenvalue weighted by Crippen LogP contribution is 2.17. The fourth-order valence-corrected chi connectivity index (χ4v) is 3.02. The summed E-state index contributed by atoms with van der Waals surface area (Å²) in [7, 11) is 0. The maximum atomic E-state index is 14.5. The van der Waals surface area contributed by atoms with Crippen LogP contribution in [0.4, 0.5) is 4.39 Å². The van der Waals surface area contributed by atoms with E-state index in [1.54, 1.807) is 65.9 Å². The van der Waals surface area contributed by atoms with Crippen molar-refractivity contribution >= 4 is 11.6 Å². The topological polar surface area (TPSA) is 77.1 Å². The zero-order chi connectivity index (χ0) is 19.0. The minimum Gasteiger partial charge on any atom is -0.348 e. The Morgan fingerprint density at radius 3 is 2.78 bits per heavy atom. The van der Waals surface area contributed by atoms with Gasteiger partial charge in [0.2, 0.25) is 0 Å². The Morgan fingerprint density at radius 2 is 2.04 bits per heavy atom. The van der Waals surface area contributed by atoms with E-state index in [0.29, 0.717) is 34.0 Å². The van der Waals surface area contributed by atoms with E-state index in [9.17, 15) is 9.18 Å². The molecule has 136 valence electrons. The number of halogens is 1. The maximum Gasteiger partial charge on any atom is 0.257 e. The minimum atomic E-state index is -0.378. The number of imidazole rings is 1. The molecule has 8 heteroatoms. The lowest BCUT2D eigenvalue weighted by Crippen LogP contribution is -2.23. The smallest absolute Gasteiger partial charge is 0.257 e. The highest BCUT2D eigenvalue weighted by Gasteiger charge is 2.18. The van der Waals surface area contributed by atoms with Crippen LogP contribution >= 0.6 is 0 Å². The van der Waals surface area contributed by atoms with Crippen molar-refractivity contribution in [1.82, 2.24) is 29.5 Å². The zero-order valence-corrected chi connectivity index (χ0v) is 14.8. The second-order valence-electron chi connectivity index (χ2n) is 6.16. The lowest BCUT2D eigenvalue weighted by atomic mass is 10.1. The second-order valence-corrected chi connectivity index (χ2v) is 6.16. The lowest BCUT2D eigenvalue weighted by molar-refractivity contribution is 0.0951. The molecule has 4 aromatic rings. The van der Waals surface area contributed by atoms with Gasteiger partial charge in [0.25, 0.3) is 5.91 Å². The first-order valence-corrected chi connectivity index (χ1v) is 8.41. The molecule has 0 bridgehead atoms. The Morgan fingerprint density at radius 1 is 1.19 bits per heavy atom. The highest BCUT2D eigenvalue weighted by molar-refractivity contribution is 6.00. The number of rotatable bonds is 4. The molecule has 0 aliphatic carbocycles. The van der Waals surface area contributed by atoms with E-state index < -0.39 is 0 Å². The van der Waals surface area contributed by atoms with Crippen molar-refractivity contribution in [3.8, 4) is 5.69 Å². The summed E-state index contributed by atoms with van der Waals surface area (Å²) in [5.74, 6) is 0.0267. The van der Waals surface area contributed by atoms with E-state index in [0.717, 1.165) is 0 Å². The molecule has 4 rings (SSSR count). The van der Waals surface area contributed by atoms with Gasteiger partial charge < -0.3 is 9.88 Å². The molecule has 1 amide bonds. The Balaban J connectivity index is 1.53. The Hall–Kier alpha value is -3.55. The molecule has 27 heavy (non-hydrogen) atoms. The number of fused-ring (bicyclic) bond motifs is 1. The Kier molecular flexibility index (Phi) is 4.15.